The van der Waals surface area contributed by atoms with E-state index in [1.54, 1.807) is 27.7 Å². The van der Waals surface area contributed by atoms with E-state index < -0.39 is 40.8 Å². The van der Waals surface area contributed by atoms with Gasteiger partial charge in [0.05, 0.1) is 16.2 Å². The normalized spacial score (nSPS) is 20.9. The van der Waals surface area contributed by atoms with Crippen molar-refractivity contribution >= 4 is 24.2 Å². The summed E-state index contributed by atoms with van der Waals surface area (Å²) in [5.74, 6) is -4.39. The van der Waals surface area contributed by atoms with Gasteiger partial charge in [-0.2, -0.15) is 0 Å². The summed E-state index contributed by atoms with van der Waals surface area (Å²) in [6.45, 7) is 7.08. The van der Waals surface area contributed by atoms with Gasteiger partial charge >= 0.3 is 7.12 Å². The van der Waals surface area contributed by atoms with E-state index in [-0.39, 0.29) is 5.46 Å². The van der Waals surface area contributed by atoms with Gasteiger partial charge in [0, 0.05) is 5.46 Å². The van der Waals surface area contributed by atoms with E-state index in [4.69, 9.17) is 20.9 Å². The molecule has 0 bridgehead atoms. The average Bonchev–Trinajstić information content (AvgIpc) is 2.50. The van der Waals surface area contributed by atoms with Crippen LogP contribution in [0, 0.1) is 17.5 Å². The Labute approximate surface area is 115 Å². The minimum absolute atomic E-state index is 0.248. The van der Waals surface area contributed by atoms with E-state index in [2.05, 4.69) is 0 Å². The summed E-state index contributed by atoms with van der Waals surface area (Å²) >= 11 is 5.52. The number of halogens is 4. The first-order valence-corrected chi connectivity index (χ1v) is 6.13. The van der Waals surface area contributed by atoms with E-state index in [0.717, 1.165) is 6.07 Å². The molecule has 0 spiro atoms. The Balaban J connectivity index is 2.46. The molecule has 0 atom stereocenters. The van der Waals surface area contributed by atoms with Crippen molar-refractivity contribution in [2.75, 3.05) is 0 Å². The SMILES string of the molecule is CC1(C)OB(c2cc(Cl)c(F)c(F)c2F)OC1(C)C. The second kappa shape index (κ2) is 4.40. The van der Waals surface area contributed by atoms with E-state index in [1.807, 2.05) is 0 Å². The number of hydrogen-bond donors (Lipinski definition) is 0. The molecule has 19 heavy (non-hydrogen) atoms. The van der Waals surface area contributed by atoms with Crippen molar-refractivity contribution in [1.29, 1.82) is 0 Å². The van der Waals surface area contributed by atoms with Crippen molar-refractivity contribution < 1.29 is 22.5 Å². The highest BCUT2D eigenvalue weighted by molar-refractivity contribution is 6.62. The lowest BCUT2D eigenvalue weighted by molar-refractivity contribution is 0.00578. The van der Waals surface area contributed by atoms with Crippen LogP contribution >= 0.6 is 11.6 Å². The molecular weight excluding hydrogens is 279 g/mol. The van der Waals surface area contributed by atoms with E-state index in [9.17, 15) is 13.2 Å². The fourth-order valence-corrected chi connectivity index (χ4v) is 1.93. The molecule has 0 N–H and O–H groups in total. The van der Waals surface area contributed by atoms with E-state index in [1.165, 1.54) is 0 Å². The maximum atomic E-state index is 13.8. The molecule has 0 amide bonds. The van der Waals surface area contributed by atoms with Gasteiger partial charge in [-0.3, -0.25) is 0 Å². The predicted octanol–water partition coefficient (Wildman–Crippen LogP) is 3.06. The molecule has 2 rings (SSSR count). The molecule has 0 aromatic heterocycles. The molecule has 7 heteroatoms. The smallest absolute Gasteiger partial charge is 0.399 e. The lowest BCUT2D eigenvalue weighted by Crippen LogP contribution is -2.41. The van der Waals surface area contributed by atoms with Crippen LogP contribution in [0.1, 0.15) is 27.7 Å². The predicted molar refractivity (Wildman–Crippen MR) is 67.0 cm³/mol. The van der Waals surface area contributed by atoms with Crippen molar-refractivity contribution in [1.82, 2.24) is 0 Å². The molecule has 0 radical (unpaired) electrons. The summed E-state index contributed by atoms with van der Waals surface area (Å²) in [6, 6.07) is 0.984. The van der Waals surface area contributed by atoms with Crippen molar-refractivity contribution in [3.63, 3.8) is 0 Å². The third-order valence-corrected chi connectivity index (χ3v) is 3.91. The van der Waals surface area contributed by atoms with Gasteiger partial charge in [0.1, 0.15) is 0 Å². The fraction of sp³-hybridized carbons (Fsp3) is 0.500. The largest absolute Gasteiger partial charge is 0.498 e. The maximum Gasteiger partial charge on any atom is 0.498 e. The van der Waals surface area contributed by atoms with Gasteiger partial charge < -0.3 is 9.31 Å². The average molecular weight is 292 g/mol. The van der Waals surface area contributed by atoms with Gasteiger partial charge in [0.2, 0.25) is 0 Å². The quantitative estimate of drug-likeness (QED) is 0.450. The maximum absolute atomic E-state index is 13.8. The van der Waals surface area contributed by atoms with Gasteiger partial charge in [-0.1, -0.05) is 11.6 Å². The number of hydrogen-bond acceptors (Lipinski definition) is 2. The van der Waals surface area contributed by atoms with Gasteiger partial charge in [0.25, 0.3) is 0 Å². The first-order valence-electron chi connectivity index (χ1n) is 5.75. The number of benzene rings is 1. The molecule has 1 aromatic carbocycles. The molecule has 1 aliphatic heterocycles. The third kappa shape index (κ3) is 2.26. The molecule has 1 aliphatic rings. The third-order valence-electron chi connectivity index (χ3n) is 3.64. The minimum Gasteiger partial charge on any atom is -0.399 e. The Morgan fingerprint density at radius 1 is 0.947 bits per heavy atom. The minimum atomic E-state index is -1.63. The van der Waals surface area contributed by atoms with Crippen molar-refractivity contribution in [3.8, 4) is 0 Å². The highest BCUT2D eigenvalue weighted by Gasteiger charge is 2.52. The van der Waals surface area contributed by atoms with Crippen LogP contribution in [0.5, 0.6) is 0 Å². The highest BCUT2D eigenvalue weighted by atomic mass is 35.5. The zero-order valence-electron chi connectivity index (χ0n) is 11.0. The van der Waals surface area contributed by atoms with Crippen LogP contribution in [0.15, 0.2) is 6.07 Å². The van der Waals surface area contributed by atoms with E-state index in [0.29, 0.717) is 0 Å². The number of rotatable bonds is 1. The van der Waals surface area contributed by atoms with Crippen molar-refractivity contribution in [2.45, 2.75) is 38.9 Å². The molecule has 1 aromatic rings. The lowest BCUT2D eigenvalue weighted by atomic mass is 9.78. The molecule has 1 heterocycles. The van der Waals surface area contributed by atoms with Gasteiger partial charge in [0.15, 0.2) is 17.5 Å². The van der Waals surface area contributed by atoms with Crippen LogP contribution in [0.25, 0.3) is 0 Å². The topological polar surface area (TPSA) is 18.5 Å². The van der Waals surface area contributed by atoms with E-state index >= 15 is 0 Å². The van der Waals surface area contributed by atoms with Crippen LogP contribution in [0.4, 0.5) is 13.2 Å². The Kier molecular flexibility index (Phi) is 3.40. The van der Waals surface area contributed by atoms with Crippen LogP contribution in [0.3, 0.4) is 0 Å². The Morgan fingerprint density at radius 2 is 1.42 bits per heavy atom. The van der Waals surface area contributed by atoms with Crippen LogP contribution in [-0.4, -0.2) is 18.3 Å². The van der Waals surface area contributed by atoms with Crippen molar-refractivity contribution in [2.24, 2.45) is 0 Å². The second-order valence-corrected chi connectivity index (χ2v) is 5.89. The first kappa shape index (κ1) is 14.7. The molecule has 104 valence electrons. The molecule has 0 unspecified atom stereocenters. The van der Waals surface area contributed by atoms with Gasteiger partial charge in [-0.15, -0.1) is 0 Å². The second-order valence-electron chi connectivity index (χ2n) is 5.48. The summed E-state index contributed by atoms with van der Waals surface area (Å²) in [5.41, 5.74) is -1.66. The Hall–Kier alpha value is -0.715. The summed E-state index contributed by atoms with van der Waals surface area (Å²) < 4.78 is 51.4. The summed E-state index contributed by atoms with van der Waals surface area (Å²) in [4.78, 5) is 0. The van der Waals surface area contributed by atoms with Gasteiger partial charge in [-0.05, 0) is 33.8 Å². The fourth-order valence-electron chi connectivity index (χ4n) is 1.73. The Morgan fingerprint density at radius 3 is 1.89 bits per heavy atom. The van der Waals surface area contributed by atoms with Gasteiger partial charge in [-0.25, -0.2) is 13.2 Å². The van der Waals surface area contributed by atoms with Crippen LogP contribution in [0.2, 0.25) is 5.02 Å². The monoisotopic (exact) mass is 292 g/mol. The Bertz CT molecular complexity index is 518. The van der Waals surface area contributed by atoms with Crippen LogP contribution in [-0.2, 0) is 9.31 Å². The first-order chi connectivity index (χ1) is 8.57. The molecule has 1 fully saturated rings. The molecule has 2 nitrogen and oxygen atoms in total. The molecule has 1 saturated heterocycles. The standard InChI is InChI=1S/C12H13BClF3O2/c1-11(2)12(3,4)19-13(18-11)6-5-7(14)9(16)10(17)8(6)15/h5H,1-4H3. The summed E-state index contributed by atoms with van der Waals surface area (Å²) in [5, 5.41) is -0.511. The zero-order valence-corrected chi connectivity index (χ0v) is 11.7. The zero-order chi connectivity index (χ0) is 14.6. The molecule has 0 aliphatic carbocycles. The van der Waals surface area contributed by atoms with Crippen molar-refractivity contribution in [3.05, 3.63) is 28.5 Å². The summed E-state index contributed by atoms with van der Waals surface area (Å²) in [7, 11) is -1.13. The van der Waals surface area contributed by atoms with Crippen LogP contribution < -0.4 is 5.46 Å². The highest BCUT2D eigenvalue weighted by Crippen LogP contribution is 2.37. The summed E-state index contributed by atoms with van der Waals surface area (Å²) in [6.07, 6.45) is 0. The molecular formula is C12H13BClF3O2. The lowest BCUT2D eigenvalue weighted by Gasteiger charge is -2.32. The molecule has 0 saturated carbocycles.